The highest BCUT2D eigenvalue weighted by Gasteiger charge is 2.25. The number of halogens is 1. The summed E-state index contributed by atoms with van der Waals surface area (Å²) in [7, 11) is 0. The molecule has 392 valence electrons. The molecule has 0 bridgehead atoms. The second-order valence-corrected chi connectivity index (χ2v) is 22.0. The smallest absolute Gasteiger partial charge is 0.419 e. The Morgan fingerprint density at radius 1 is 0.367 bits per heavy atom. The van der Waals surface area contributed by atoms with Crippen LogP contribution in [0, 0.1) is 0 Å². The number of carbonyl (C=O) groups excluding carboxylic acids is 2. The Bertz CT molecular complexity index is 4030. The van der Waals surface area contributed by atoms with Gasteiger partial charge in [0.2, 0.25) is 0 Å². The third-order valence-electron chi connectivity index (χ3n) is 13.0. The van der Waals surface area contributed by atoms with Gasteiger partial charge in [-0.3, -0.25) is 0 Å². The Balaban J connectivity index is 0.000000148. The summed E-state index contributed by atoms with van der Waals surface area (Å²) >= 11 is 3.49. The van der Waals surface area contributed by atoms with Crippen molar-refractivity contribution < 1.29 is 19.1 Å². The van der Waals surface area contributed by atoms with Crippen molar-refractivity contribution in [2.75, 3.05) is 10.2 Å². The quantitative estimate of drug-likeness (QED) is 0.171. The van der Waals surface area contributed by atoms with Gasteiger partial charge in [0.25, 0.3) is 0 Å². The van der Waals surface area contributed by atoms with Gasteiger partial charge in [-0.05, 0) is 161 Å². The lowest BCUT2D eigenvalue weighted by Crippen LogP contribution is -2.27. The molecule has 1 N–H and O–H groups in total. The van der Waals surface area contributed by atoms with Crippen LogP contribution in [0.4, 0.5) is 38.0 Å². The Labute approximate surface area is 470 Å². The summed E-state index contributed by atoms with van der Waals surface area (Å²) in [6, 6.07) is 86.5. The molecular formula is C70H61BrN4O4. The topological polar surface area (TPSA) is 77.7 Å². The van der Waals surface area contributed by atoms with E-state index >= 15 is 0 Å². The van der Waals surface area contributed by atoms with Crippen LogP contribution in [0.2, 0.25) is 0 Å². The van der Waals surface area contributed by atoms with Crippen molar-refractivity contribution in [2.24, 2.45) is 0 Å². The van der Waals surface area contributed by atoms with Gasteiger partial charge in [-0.15, -0.1) is 0 Å². The maximum absolute atomic E-state index is 13.3. The normalized spacial score (nSPS) is 11.3. The number of rotatable bonds is 7. The summed E-state index contributed by atoms with van der Waals surface area (Å²) in [6.45, 7) is 11.3. The lowest BCUT2D eigenvalue weighted by Gasteiger charge is -2.26. The monoisotopic (exact) mass is 1100 g/mol. The molecule has 9 heteroatoms. The van der Waals surface area contributed by atoms with E-state index < -0.39 is 11.2 Å². The summed E-state index contributed by atoms with van der Waals surface area (Å²) in [6.07, 6.45) is -0.728. The second kappa shape index (κ2) is 23.2. The van der Waals surface area contributed by atoms with E-state index in [4.69, 9.17) is 9.47 Å². The van der Waals surface area contributed by atoms with Crippen molar-refractivity contribution in [2.45, 2.75) is 52.7 Å². The number of benzene rings is 10. The molecule has 0 saturated carbocycles. The van der Waals surface area contributed by atoms with Crippen molar-refractivity contribution in [1.82, 2.24) is 9.13 Å². The van der Waals surface area contributed by atoms with E-state index in [0.717, 1.165) is 76.5 Å². The molecule has 0 radical (unpaired) electrons. The molecule has 0 fully saturated rings. The lowest BCUT2D eigenvalue weighted by atomic mass is 10.0. The number of nitrogens with one attached hydrogen (secondary N) is 1. The largest absolute Gasteiger partial charge is 0.443 e. The Kier molecular flexibility index (Phi) is 15.6. The number of anilines is 5. The molecule has 0 spiro atoms. The van der Waals surface area contributed by atoms with Crippen LogP contribution in [0.15, 0.2) is 259 Å². The summed E-state index contributed by atoms with van der Waals surface area (Å²) < 4.78 is 15.6. The summed E-state index contributed by atoms with van der Waals surface area (Å²) in [5.74, 6) is 0. The zero-order valence-electron chi connectivity index (χ0n) is 45.1. The minimum atomic E-state index is -0.593. The highest BCUT2D eigenvalue weighted by molar-refractivity contribution is 9.10. The van der Waals surface area contributed by atoms with Crippen LogP contribution in [-0.2, 0) is 9.47 Å². The Morgan fingerprint density at radius 3 is 1.22 bits per heavy atom. The van der Waals surface area contributed by atoms with Crippen LogP contribution in [-0.4, -0.2) is 32.5 Å². The third kappa shape index (κ3) is 12.5. The highest BCUT2D eigenvalue weighted by Crippen LogP contribution is 2.40. The molecule has 0 atom stereocenters. The zero-order valence-corrected chi connectivity index (χ0v) is 46.7. The second-order valence-electron chi connectivity index (χ2n) is 21.0. The molecule has 2 aromatic heterocycles. The number of fused-ring (bicyclic) bond motifs is 6. The van der Waals surface area contributed by atoms with E-state index in [1.54, 1.807) is 9.13 Å². The van der Waals surface area contributed by atoms with Gasteiger partial charge in [0, 0.05) is 54.5 Å². The van der Waals surface area contributed by atoms with E-state index in [-0.39, 0.29) is 12.2 Å². The van der Waals surface area contributed by atoms with Gasteiger partial charge in [0.05, 0.1) is 22.1 Å². The van der Waals surface area contributed by atoms with Gasteiger partial charge in [-0.25, -0.2) is 18.7 Å². The molecule has 0 saturated heterocycles. The van der Waals surface area contributed by atoms with Crippen LogP contribution < -0.4 is 10.2 Å². The molecule has 8 nitrogen and oxygen atoms in total. The van der Waals surface area contributed by atoms with E-state index in [2.05, 4.69) is 166 Å². The van der Waals surface area contributed by atoms with Gasteiger partial charge in [-0.2, -0.15) is 0 Å². The molecule has 12 rings (SSSR count). The first-order chi connectivity index (χ1) is 38.2. The van der Waals surface area contributed by atoms with Gasteiger partial charge in [0.15, 0.2) is 0 Å². The molecule has 0 unspecified atom stereocenters. The van der Waals surface area contributed by atoms with Crippen molar-refractivity contribution in [3.63, 3.8) is 0 Å². The molecule has 0 aliphatic rings. The first kappa shape index (κ1) is 53.2. The van der Waals surface area contributed by atoms with Crippen LogP contribution >= 0.6 is 15.9 Å². The SMILES string of the molecule is CC(C)(C)OC(=O)n1c2ccccc2c2cc(Br)ccc21.CC(C)(C)OC(=O)n1c2ccccc2c2cc(N(c3ccccc3)c3ccc(-c4ccccc4)cc3)ccc21.c1ccc(Nc2ccc(-c3ccccc3)cc2)cc1. The number of aromatic nitrogens is 2. The molecule has 0 amide bonds. The fourth-order valence-corrected chi connectivity index (χ4v) is 9.94. The minimum Gasteiger partial charge on any atom is -0.443 e. The Morgan fingerprint density at radius 2 is 0.722 bits per heavy atom. The molecule has 79 heavy (non-hydrogen) atoms. The number of ether oxygens (including phenoxy) is 2. The standard InChI is InChI=1S/C35H30N2O2.C18H15N.C17H16BrNO2/c1-35(2,3)39-34(38)37-32-17-11-10-16-30(32)31-24-29(22-23-33(31)37)36(27-14-8-5-9-15-27)28-20-18-26(19-21-28)25-12-6-4-7-13-25;1-3-7-15(8-4-1)16-11-13-18(14-12-16)19-17-9-5-2-6-10-17;1-17(2,3)21-16(20)19-14-7-5-4-6-12(14)13-10-11(18)8-9-15(13)19/h4-24H,1-3H3;1-14,19H;4-10H,1-3H3. The molecule has 10 aromatic carbocycles. The molecule has 12 aromatic rings. The number of carbonyl (C=O) groups is 2. The van der Waals surface area contributed by atoms with Crippen molar-refractivity contribution in [1.29, 1.82) is 0 Å². The van der Waals surface area contributed by atoms with Crippen LogP contribution in [0.5, 0.6) is 0 Å². The average Bonchev–Trinajstić information content (AvgIpc) is 4.09. The third-order valence-corrected chi connectivity index (χ3v) is 13.5. The first-order valence-electron chi connectivity index (χ1n) is 26.3. The number of hydrogen-bond acceptors (Lipinski definition) is 6. The minimum absolute atomic E-state index is 0.351. The summed E-state index contributed by atoms with van der Waals surface area (Å²) in [4.78, 5) is 28.1. The fraction of sp³-hybridized carbons (Fsp3) is 0.114. The fourth-order valence-electron chi connectivity index (χ4n) is 9.58. The summed E-state index contributed by atoms with van der Waals surface area (Å²) in [5, 5.41) is 7.46. The van der Waals surface area contributed by atoms with Crippen LogP contribution in [0.1, 0.15) is 41.5 Å². The van der Waals surface area contributed by atoms with Gasteiger partial charge in [0.1, 0.15) is 11.2 Å². The van der Waals surface area contributed by atoms with E-state index in [0.29, 0.717) is 0 Å². The van der Waals surface area contributed by atoms with E-state index in [1.165, 1.54) is 22.3 Å². The average molecular weight is 1100 g/mol. The maximum atomic E-state index is 13.3. The number of para-hydroxylation sites is 4. The predicted octanol–water partition coefficient (Wildman–Crippen LogP) is 20.2. The number of nitrogens with zero attached hydrogens (tertiary/aromatic N) is 3. The summed E-state index contributed by atoms with van der Waals surface area (Å²) in [5.41, 5.74) is 12.4. The maximum Gasteiger partial charge on any atom is 0.419 e. The van der Waals surface area contributed by atoms with Crippen molar-refractivity contribution in [3.05, 3.63) is 259 Å². The van der Waals surface area contributed by atoms with Crippen molar-refractivity contribution >= 4 is 100 Å². The first-order valence-corrected chi connectivity index (χ1v) is 27.1. The van der Waals surface area contributed by atoms with Crippen LogP contribution in [0.25, 0.3) is 65.9 Å². The van der Waals surface area contributed by atoms with Gasteiger partial charge in [-0.1, -0.05) is 174 Å². The molecular weight excluding hydrogens is 1040 g/mol. The molecule has 0 aliphatic carbocycles. The van der Waals surface area contributed by atoms with Gasteiger partial charge < -0.3 is 19.7 Å². The Hall–Kier alpha value is -9.18. The van der Waals surface area contributed by atoms with Gasteiger partial charge >= 0.3 is 12.2 Å². The molecule has 0 aliphatic heterocycles. The van der Waals surface area contributed by atoms with E-state index in [9.17, 15) is 9.59 Å². The lowest BCUT2D eigenvalue weighted by molar-refractivity contribution is 0.0540. The van der Waals surface area contributed by atoms with Crippen LogP contribution in [0.3, 0.4) is 0 Å². The highest BCUT2D eigenvalue weighted by atomic mass is 79.9. The number of hydrogen-bond donors (Lipinski definition) is 1. The molecule has 2 heterocycles. The van der Waals surface area contributed by atoms with Crippen molar-refractivity contribution in [3.8, 4) is 22.3 Å². The van der Waals surface area contributed by atoms with E-state index in [1.807, 2.05) is 157 Å². The predicted molar refractivity (Wildman–Crippen MR) is 332 cm³/mol. The zero-order chi connectivity index (χ0) is 55.1.